The Hall–Kier alpha value is -2.09. The van der Waals surface area contributed by atoms with Crippen LogP contribution in [0.2, 0.25) is 0 Å². The van der Waals surface area contributed by atoms with Crippen LogP contribution in [-0.2, 0) is 4.79 Å². The van der Waals surface area contributed by atoms with E-state index in [-0.39, 0.29) is 5.91 Å². The van der Waals surface area contributed by atoms with Crippen LogP contribution in [0.15, 0.2) is 54.6 Å². The fourth-order valence-electron chi connectivity index (χ4n) is 1.62. The van der Waals surface area contributed by atoms with E-state index in [1.807, 2.05) is 42.5 Å². The number of carbonyl (C=O) groups is 1. The number of benzene rings is 2. The Morgan fingerprint density at radius 2 is 1.56 bits per heavy atom. The van der Waals surface area contributed by atoms with Gasteiger partial charge in [0, 0.05) is 18.3 Å². The van der Waals surface area contributed by atoms with E-state index in [2.05, 4.69) is 6.07 Å². The van der Waals surface area contributed by atoms with Gasteiger partial charge >= 0.3 is 0 Å². The molecule has 1 amide bonds. The summed E-state index contributed by atoms with van der Waals surface area (Å²) in [6.07, 6.45) is 0. The molecule has 79 valence electrons. The summed E-state index contributed by atoms with van der Waals surface area (Å²) in [6.45, 7) is 1.56. The summed E-state index contributed by atoms with van der Waals surface area (Å²) in [7, 11) is 0. The standard InChI is InChI=1S/C14H12NO/c1-12(16)15(13-8-4-2-5-9-13)14-10-6-3-7-11-14/h2,4-11H,1H3. The molecule has 0 saturated carbocycles. The Kier molecular flexibility index (Phi) is 3.01. The molecule has 0 N–H and O–H groups in total. The first-order valence-electron chi connectivity index (χ1n) is 5.11. The SMILES string of the molecule is CC(=O)N(c1cc[c]cc1)c1ccccc1. The Labute approximate surface area is 95.1 Å². The molecule has 2 aromatic carbocycles. The lowest BCUT2D eigenvalue weighted by molar-refractivity contribution is -0.115. The van der Waals surface area contributed by atoms with Crippen molar-refractivity contribution in [3.8, 4) is 0 Å². The lowest BCUT2D eigenvalue weighted by atomic mass is 10.2. The predicted molar refractivity (Wildman–Crippen MR) is 64.5 cm³/mol. The molecule has 2 heteroatoms. The first kappa shape index (κ1) is 10.4. The summed E-state index contributed by atoms with van der Waals surface area (Å²) in [5, 5.41) is 0. The normalized spacial score (nSPS) is 9.81. The molecule has 0 unspecified atom stereocenters. The molecule has 1 radical (unpaired) electrons. The van der Waals surface area contributed by atoms with E-state index in [0.29, 0.717) is 0 Å². The van der Waals surface area contributed by atoms with Crippen molar-refractivity contribution in [2.24, 2.45) is 0 Å². The van der Waals surface area contributed by atoms with Gasteiger partial charge in [0.2, 0.25) is 5.91 Å². The molecular weight excluding hydrogens is 198 g/mol. The van der Waals surface area contributed by atoms with Crippen LogP contribution in [0.1, 0.15) is 6.92 Å². The highest BCUT2D eigenvalue weighted by molar-refractivity contribution is 5.98. The van der Waals surface area contributed by atoms with E-state index < -0.39 is 0 Å². The minimum absolute atomic E-state index is 0.00241. The fourth-order valence-corrected chi connectivity index (χ4v) is 1.62. The topological polar surface area (TPSA) is 20.3 Å². The first-order valence-corrected chi connectivity index (χ1v) is 5.11. The van der Waals surface area contributed by atoms with Gasteiger partial charge in [0.25, 0.3) is 0 Å². The minimum Gasteiger partial charge on any atom is -0.281 e. The van der Waals surface area contributed by atoms with Crippen molar-refractivity contribution >= 4 is 17.3 Å². The van der Waals surface area contributed by atoms with Gasteiger partial charge in [-0.05, 0) is 30.3 Å². The number of nitrogens with zero attached hydrogens (tertiary/aromatic N) is 1. The molecule has 2 nitrogen and oxygen atoms in total. The van der Waals surface area contributed by atoms with E-state index in [1.54, 1.807) is 24.0 Å². The molecule has 0 bridgehead atoms. The van der Waals surface area contributed by atoms with Crippen LogP contribution in [0.25, 0.3) is 0 Å². The van der Waals surface area contributed by atoms with Crippen molar-refractivity contribution in [1.29, 1.82) is 0 Å². The average Bonchev–Trinajstić information content (AvgIpc) is 2.31. The monoisotopic (exact) mass is 210 g/mol. The van der Waals surface area contributed by atoms with Crippen LogP contribution in [0.5, 0.6) is 0 Å². The third kappa shape index (κ3) is 2.11. The molecule has 0 aliphatic heterocycles. The van der Waals surface area contributed by atoms with Gasteiger partial charge in [0.15, 0.2) is 0 Å². The van der Waals surface area contributed by atoms with Crippen molar-refractivity contribution < 1.29 is 4.79 Å². The lowest BCUT2D eigenvalue weighted by Gasteiger charge is -2.21. The molecule has 0 atom stereocenters. The third-order valence-electron chi connectivity index (χ3n) is 2.29. The molecular formula is C14H12NO. The van der Waals surface area contributed by atoms with Crippen molar-refractivity contribution in [1.82, 2.24) is 0 Å². The van der Waals surface area contributed by atoms with Crippen molar-refractivity contribution in [2.75, 3.05) is 4.90 Å². The van der Waals surface area contributed by atoms with Gasteiger partial charge in [-0.2, -0.15) is 0 Å². The lowest BCUT2D eigenvalue weighted by Crippen LogP contribution is -2.22. The molecule has 16 heavy (non-hydrogen) atoms. The van der Waals surface area contributed by atoms with E-state index in [1.165, 1.54) is 0 Å². The average molecular weight is 210 g/mol. The molecule has 0 aromatic heterocycles. The van der Waals surface area contributed by atoms with Crippen LogP contribution in [0.4, 0.5) is 11.4 Å². The van der Waals surface area contributed by atoms with Gasteiger partial charge in [-0.25, -0.2) is 0 Å². The van der Waals surface area contributed by atoms with E-state index in [9.17, 15) is 4.79 Å². The Bertz CT molecular complexity index is 425. The van der Waals surface area contributed by atoms with Gasteiger partial charge in [-0.15, -0.1) is 0 Å². The summed E-state index contributed by atoms with van der Waals surface area (Å²) in [4.78, 5) is 13.3. The number of rotatable bonds is 2. The molecule has 0 aliphatic carbocycles. The highest BCUT2D eigenvalue weighted by Crippen LogP contribution is 2.24. The van der Waals surface area contributed by atoms with Crippen molar-refractivity contribution in [2.45, 2.75) is 6.92 Å². The highest BCUT2D eigenvalue weighted by Gasteiger charge is 2.12. The van der Waals surface area contributed by atoms with Crippen LogP contribution in [0.3, 0.4) is 0 Å². The van der Waals surface area contributed by atoms with Gasteiger partial charge in [-0.3, -0.25) is 9.69 Å². The second-order valence-electron chi connectivity index (χ2n) is 3.45. The maximum absolute atomic E-state index is 11.7. The smallest absolute Gasteiger partial charge is 0.228 e. The zero-order chi connectivity index (χ0) is 11.4. The first-order chi connectivity index (χ1) is 7.79. The predicted octanol–water partition coefficient (Wildman–Crippen LogP) is 3.17. The molecule has 2 rings (SSSR count). The minimum atomic E-state index is -0.00241. The molecule has 0 spiro atoms. The number of hydrogen-bond donors (Lipinski definition) is 0. The van der Waals surface area contributed by atoms with Gasteiger partial charge in [0.1, 0.15) is 0 Å². The summed E-state index contributed by atoms with van der Waals surface area (Å²) in [5.74, 6) is -0.00241. The van der Waals surface area contributed by atoms with Crippen molar-refractivity contribution in [3.63, 3.8) is 0 Å². The van der Waals surface area contributed by atoms with E-state index in [4.69, 9.17) is 0 Å². The largest absolute Gasteiger partial charge is 0.281 e. The Morgan fingerprint density at radius 1 is 1.00 bits per heavy atom. The summed E-state index contributed by atoms with van der Waals surface area (Å²) in [6, 6.07) is 19.9. The Morgan fingerprint density at radius 3 is 2.12 bits per heavy atom. The molecule has 0 saturated heterocycles. The highest BCUT2D eigenvalue weighted by atomic mass is 16.2. The quantitative estimate of drug-likeness (QED) is 0.745. The zero-order valence-electron chi connectivity index (χ0n) is 9.05. The number of amides is 1. The fraction of sp³-hybridized carbons (Fsp3) is 0.0714. The molecule has 2 aromatic rings. The van der Waals surface area contributed by atoms with Crippen LogP contribution in [-0.4, -0.2) is 5.91 Å². The summed E-state index contributed by atoms with van der Waals surface area (Å²) in [5.41, 5.74) is 1.73. The van der Waals surface area contributed by atoms with Gasteiger partial charge in [-0.1, -0.05) is 30.3 Å². The number of carbonyl (C=O) groups excluding carboxylic acids is 1. The third-order valence-corrected chi connectivity index (χ3v) is 2.29. The maximum Gasteiger partial charge on any atom is 0.228 e. The Balaban J connectivity index is 2.44. The van der Waals surface area contributed by atoms with Crippen LogP contribution >= 0.6 is 0 Å². The van der Waals surface area contributed by atoms with Gasteiger partial charge < -0.3 is 0 Å². The molecule has 0 fully saturated rings. The maximum atomic E-state index is 11.7. The van der Waals surface area contributed by atoms with E-state index in [0.717, 1.165) is 11.4 Å². The van der Waals surface area contributed by atoms with Crippen LogP contribution < -0.4 is 4.90 Å². The zero-order valence-corrected chi connectivity index (χ0v) is 9.05. The number of anilines is 2. The van der Waals surface area contributed by atoms with Gasteiger partial charge in [0.05, 0.1) is 0 Å². The summed E-state index contributed by atoms with van der Waals surface area (Å²) < 4.78 is 0. The van der Waals surface area contributed by atoms with Crippen molar-refractivity contribution in [3.05, 3.63) is 60.7 Å². The molecule has 0 heterocycles. The second-order valence-corrected chi connectivity index (χ2v) is 3.45. The molecule has 0 aliphatic rings. The van der Waals surface area contributed by atoms with E-state index >= 15 is 0 Å². The number of hydrogen-bond acceptors (Lipinski definition) is 1. The number of para-hydroxylation sites is 1. The summed E-state index contributed by atoms with van der Waals surface area (Å²) >= 11 is 0. The second kappa shape index (κ2) is 4.62. The van der Waals surface area contributed by atoms with Crippen LogP contribution in [0, 0.1) is 6.07 Å².